The lowest BCUT2D eigenvalue weighted by Crippen LogP contribution is -2.11. The van der Waals surface area contributed by atoms with Crippen molar-refractivity contribution in [3.8, 4) is 0 Å². The number of benzene rings is 1. The second-order valence-electron chi connectivity index (χ2n) is 4.42. The van der Waals surface area contributed by atoms with Crippen LogP contribution in [0.3, 0.4) is 0 Å². The average molecular weight is 353 g/mol. The Balaban J connectivity index is 2.97. The minimum atomic E-state index is -4.50. The third-order valence-corrected chi connectivity index (χ3v) is 4.76. The van der Waals surface area contributed by atoms with E-state index in [1.807, 2.05) is 0 Å². The van der Waals surface area contributed by atoms with E-state index in [1.54, 1.807) is 19.9 Å². The fourth-order valence-electron chi connectivity index (χ4n) is 2.08. The molecule has 0 aliphatic rings. The summed E-state index contributed by atoms with van der Waals surface area (Å²) >= 11 is 9.51. The average Bonchev–Trinajstić information content (AvgIpc) is 2.29. The molecule has 0 atom stereocenters. The van der Waals surface area contributed by atoms with Gasteiger partial charge in [0.1, 0.15) is 5.69 Å². The Bertz CT molecular complexity index is 680. The smallest absolute Gasteiger partial charge is 0.243 e. The number of aromatic nitrogens is 1. The molecular weight excluding hydrogens is 343 g/mol. The van der Waals surface area contributed by atoms with Crippen molar-refractivity contribution in [1.82, 2.24) is 4.98 Å². The van der Waals surface area contributed by atoms with Crippen molar-refractivity contribution in [3.63, 3.8) is 0 Å². The maximum Gasteiger partial charge on any atom is 0.433 e. The Kier molecular flexibility index (Phi) is 3.56. The highest BCUT2D eigenvalue weighted by atomic mass is 79.9. The Labute approximate surface area is 121 Å². The van der Waals surface area contributed by atoms with Crippen molar-refractivity contribution >= 4 is 38.4 Å². The molecule has 0 aliphatic carbocycles. The van der Waals surface area contributed by atoms with Crippen LogP contribution < -0.4 is 0 Å². The second kappa shape index (κ2) is 4.63. The molecule has 0 fully saturated rings. The van der Waals surface area contributed by atoms with E-state index in [0.717, 1.165) is 15.6 Å². The van der Waals surface area contributed by atoms with E-state index < -0.39 is 11.9 Å². The zero-order valence-electron chi connectivity index (χ0n) is 10.4. The van der Waals surface area contributed by atoms with E-state index in [1.165, 1.54) is 6.92 Å². The molecule has 1 nitrogen and oxygen atoms in total. The highest BCUT2D eigenvalue weighted by Crippen LogP contribution is 2.39. The largest absolute Gasteiger partial charge is 0.433 e. The molecule has 6 heteroatoms. The summed E-state index contributed by atoms with van der Waals surface area (Å²) in [6.45, 7) is 4.95. The molecule has 0 aliphatic heterocycles. The topological polar surface area (TPSA) is 12.9 Å². The van der Waals surface area contributed by atoms with E-state index in [-0.39, 0.29) is 16.1 Å². The Morgan fingerprint density at radius 2 is 1.74 bits per heavy atom. The quantitative estimate of drug-likeness (QED) is 0.602. The van der Waals surface area contributed by atoms with Crippen LogP contribution in [0.4, 0.5) is 13.2 Å². The van der Waals surface area contributed by atoms with Crippen molar-refractivity contribution in [2.24, 2.45) is 0 Å². The molecule has 1 aromatic carbocycles. The van der Waals surface area contributed by atoms with Gasteiger partial charge in [-0.1, -0.05) is 27.5 Å². The summed E-state index contributed by atoms with van der Waals surface area (Å²) in [6, 6.07) is 1.60. The second-order valence-corrected chi connectivity index (χ2v) is 5.59. The first-order valence-electron chi connectivity index (χ1n) is 5.47. The first-order valence-corrected chi connectivity index (χ1v) is 6.64. The standard InChI is InChI=1S/C13H10BrClF3N/c1-5-4-8-9(6(2)10(5)14)11(15)7(3)12(19-8)13(16,17)18/h4H,1-3H3. The molecule has 0 unspecified atom stereocenters. The normalized spacial score (nSPS) is 12.2. The van der Waals surface area contributed by atoms with Crippen LogP contribution in [0, 0.1) is 20.8 Å². The monoisotopic (exact) mass is 351 g/mol. The first kappa shape index (κ1) is 14.6. The molecule has 1 aromatic heterocycles. The number of hydrogen-bond donors (Lipinski definition) is 0. The van der Waals surface area contributed by atoms with Crippen LogP contribution >= 0.6 is 27.5 Å². The lowest BCUT2D eigenvalue weighted by Gasteiger charge is -2.15. The van der Waals surface area contributed by atoms with Crippen LogP contribution in [-0.4, -0.2) is 4.98 Å². The van der Waals surface area contributed by atoms with Gasteiger partial charge in [0.25, 0.3) is 0 Å². The minimum Gasteiger partial charge on any atom is -0.243 e. The Morgan fingerprint density at radius 3 is 2.26 bits per heavy atom. The van der Waals surface area contributed by atoms with Gasteiger partial charge in [-0.15, -0.1) is 0 Å². The van der Waals surface area contributed by atoms with Crippen molar-refractivity contribution in [3.05, 3.63) is 37.9 Å². The molecule has 0 amide bonds. The number of rotatable bonds is 0. The van der Waals surface area contributed by atoms with Gasteiger partial charge in [-0.3, -0.25) is 0 Å². The highest BCUT2D eigenvalue weighted by molar-refractivity contribution is 9.10. The fraction of sp³-hybridized carbons (Fsp3) is 0.308. The van der Waals surface area contributed by atoms with Gasteiger partial charge in [0, 0.05) is 9.86 Å². The Hall–Kier alpha value is -0.810. The number of nitrogens with zero attached hydrogens (tertiary/aromatic N) is 1. The summed E-state index contributed by atoms with van der Waals surface area (Å²) in [5.41, 5.74) is 0.919. The van der Waals surface area contributed by atoms with Crippen LogP contribution in [0.2, 0.25) is 5.02 Å². The van der Waals surface area contributed by atoms with E-state index in [2.05, 4.69) is 20.9 Å². The number of halogens is 5. The van der Waals surface area contributed by atoms with Crippen molar-refractivity contribution in [1.29, 1.82) is 0 Å². The summed E-state index contributed by atoms with van der Waals surface area (Å²) in [6.07, 6.45) is -4.50. The summed E-state index contributed by atoms with van der Waals surface area (Å²) in [7, 11) is 0. The SMILES string of the molecule is Cc1cc2nc(C(F)(F)F)c(C)c(Cl)c2c(C)c1Br. The number of pyridine rings is 1. The zero-order chi connectivity index (χ0) is 14.5. The molecule has 1 heterocycles. The van der Waals surface area contributed by atoms with Crippen LogP contribution in [0.25, 0.3) is 10.9 Å². The maximum atomic E-state index is 12.9. The predicted octanol–water partition coefficient (Wildman–Crippen LogP) is 5.59. The number of aryl methyl sites for hydroxylation is 2. The third kappa shape index (κ3) is 2.34. The maximum absolute atomic E-state index is 12.9. The lowest BCUT2D eigenvalue weighted by molar-refractivity contribution is -0.141. The molecule has 0 saturated heterocycles. The molecule has 0 saturated carbocycles. The van der Waals surface area contributed by atoms with E-state index in [0.29, 0.717) is 5.39 Å². The summed E-state index contributed by atoms with van der Waals surface area (Å²) in [5, 5.41) is 0.667. The van der Waals surface area contributed by atoms with Gasteiger partial charge < -0.3 is 0 Å². The van der Waals surface area contributed by atoms with Gasteiger partial charge in [0.05, 0.1) is 10.5 Å². The summed E-state index contributed by atoms with van der Waals surface area (Å²) < 4.78 is 39.6. The van der Waals surface area contributed by atoms with Crippen molar-refractivity contribution < 1.29 is 13.2 Å². The summed E-state index contributed by atoms with van der Waals surface area (Å²) in [5.74, 6) is 0. The molecule has 0 spiro atoms. The third-order valence-electron chi connectivity index (χ3n) is 3.06. The molecule has 2 rings (SSSR count). The van der Waals surface area contributed by atoms with E-state index in [9.17, 15) is 13.2 Å². The van der Waals surface area contributed by atoms with E-state index >= 15 is 0 Å². The van der Waals surface area contributed by atoms with Crippen LogP contribution in [0.5, 0.6) is 0 Å². The van der Waals surface area contributed by atoms with Gasteiger partial charge in [-0.05, 0) is 43.5 Å². The molecule has 0 radical (unpaired) electrons. The summed E-state index contributed by atoms with van der Waals surface area (Å²) in [4.78, 5) is 3.74. The predicted molar refractivity (Wildman–Crippen MR) is 73.7 cm³/mol. The molecule has 0 N–H and O–H groups in total. The number of hydrogen-bond acceptors (Lipinski definition) is 1. The van der Waals surface area contributed by atoms with Gasteiger partial charge >= 0.3 is 6.18 Å². The van der Waals surface area contributed by atoms with Gasteiger partial charge in [-0.2, -0.15) is 13.2 Å². The number of alkyl halides is 3. The zero-order valence-corrected chi connectivity index (χ0v) is 12.8. The van der Waals surface area contributed by atoms with Gasteiger partial charge in [0.15, 0.2) is 0 Å². The van der Waals surface area contributed by atoms with E-state index in [4.69, 9.17) is 11.6 Å². The van der Waals surface area contributed by atoms with Crippen molar-refractivity contribution in [2.45, 2.75) is 26.9 Å². The van der Waals surface area contributed by atoms with Gasteiger partial charge in [-0.25, -0.2) is 4.98 Å². The molecule has 0 bridgehead atoms. The fourth-order valence-corrected chi connectivity index (χ4v) is 2.72. The molecule has 102 valence electrons. The molecular formula is C13H10BrClF3N. The lowest BCUT2D eigenvalue weighted by atomic mass is 10.0. The van der Waals surface area contributed by atoms with Crippen LogP contribution in [0.1, 0.15) is 22.4 Å². The number of fused-ring (bicyclic) bond motifs is 1. The first-order chi connectivity index (χ1) is 8.64. The molecule has 19 heavy (non-hydrogen) atoms. The minimum absolute atomic E-state index is 0.0412. The van der Waals surface area contributed by atoms with Gasteiger partial charge in [0.2, 0.25) is 0 Å². The molecule has 2 aromatic rings. The van der Waals surface area contributed by atoms with Crippen LogP contribution in [-0.2, 0) is 6.18 Å². The Morgan fingerprint density at radius 1 is 1.16 bits per heavy atom. The van der Waals surface area contributed by atoms with Crippen LogP contribution in [0.15, 0.2) is 10.5 Å². The van der Waals surface area contributed by atoms with Crippen molar-refractivity contribution in [2.75, 3.05) is 0 Å². The highest BCUT2D eigenvalue weighted by Gasteiger charge is 2.36.